The van der Waals surface area contributed by atoms with Gasteiger partial charge in [-0.25, -0.2) is 0 Å². The predicted octanol–water partition coefficient (Wildman–Crippen LogP) is 7.22. The summed E-state index contributed by atoms with van der Waals surface area (Å²) in [6.07, 6.45) is 7.01. The summed E-state index contributed by atoms with van der Waals surface area (Å²) in [4.78, 5) is 1.27. The molecule has 4 heteroatoms. The fourth-order valence-corrected chi connectivity index (χ4v) is 5.13. The molecule has 0 saturated heterocycles. The van der Waals surface area contributed by atoms with E-state index in [1.165, 1.54) is 52.6 Å². The summed E-state index contributed by atoms with van der Waals surface area (Å²) in [5.41, 5.74) is 6.83. The number of rotatable bonds is 4. The molecule has 3 aromatic carbocycles. The number of hydrogen-bond acceptors (Lipinski definition) is 3. The Kier molecular flexibility index (Phi) is 5.03. The molecule has 0 radical (unpaired) electrons. The lowest BCUT2D eigenvalue weighted by molar-refractivity contribution is 0.475. The lowest BCUT2D eigenvalue weighted by Crippen LogP contribution is -2.07. The van der Waals surface area contributed by atoms with Crippen molar-refractivity contribution in [3.05, 3.63) is 66.2 Å². The van der Waals surface area contributed by atoms with Gasteiger partial charge in [-0.15, -0.1) is 11.8 Å². The van der Waals surface area contributed by atoms with Crippen molar-refractivity contribution >= 4 is 22.7 Å². The van der Waals surface area contributed by atoms with Crippen molar-refractivity contribution in [2.75, 3.05) is 6.26 Å². The fraction of sp³-hybridized carbons (Fsp3) is 0.269. The van der Waals surface area contributed by atoms with Gasteiger partial charge in [0.1, 0.15) is 11.4 Å². The molecule has 152 valence electrons. The normalized spacial score (nSPS) is 14.6. The fourth-order valence-electron chi connectivity index (χ4n) is 4.72. The van der Waals surface area contributed by atoms with Crippen molar-refractivity contribution in [3.8, 4) is 28.1 Å². The molecular formula is C26H26N2OS. The zero-order chi connectivity index (χ0) is 20.7. The van der Waals surface area contributed by atoms with Crippen molar-refractivity contribution < 1.29 is 5.11 Å². The van der Waals surface area contributed by atoms with E-state index >= 15 is 0 Å². The number of hydrogen-bond donors (Lipinski definition) is 1. The highest BCUT2D eigenvalue weighted by atomic mass is 32.2. The van der Waals surface area contributed by atoms with Gasteiger partial charge in [0, 0.05) is 21.4 Å². The van der Waals surface area contributed by atoms with Crippen molar-refractivity contribution in [2.45, 2.75) is 43.5 Å². The average Bonchev–Trinajstić information content (AvgIpc) is 3.42. The van der Waals surface area contributed by atoms with E-state index in [0.29, 0.717) is 11.8 Å². The molecule has 5 rings (SSSR count). The molecule has 1 aliphatic rings. The zero-order valence-electron chi connectivity index (χ0n) is 17.4. The van der Waals surface area contributed by atoms with Crippen LogP contribution in [0.3, 0.4) is 0 Å². The molecule has 0 aliphatic heterocycles. The summed E-state index contributed by atoms with van der Waals surface area (Å²) in [5, 5.41) is 16.2. The molecule has 1 N–H and O–H groups in total. The maximum atomic E-state index is 9.88. The van der Waals surface area contributed by atoms with Crippen LogP contribution in [0, 0.1) is 6.92 Å². The standard InChI is InChI=1S/C26H26N2OS/c1-17-16-20(29)12-15-22(17)25-24-9-5-8-23(18-10-13-21(30-2)14-11-18)26(24)28(27-25)19-6-3-4-7-19/h5,8-16,19,29H,3-4,6-7H2,1-2H3. The quantitative estimate of drug-likeness (QED) is 0.358. The molecular weight excluding hydrogens is 388 g/mol. The van der Waals surface area contributed by atoms with Gasteiger partial charge in [0.25, 0.3) is 0 Å². The number of phenols is 1. The first-order valence-corrected chi connectivity index (χ1v) is 11.8. The number of aromatic hydroxyl groups is 1. The van der Waals surface area contributed by atoms with Gasteiger partial charge in [0.05, 0.1) is 11.6 Å². The monoisotopic (exact) mass is 414 g/mol. The van der Waals surface area contributed by atoms with E-state index in [4.69, 9.17) is 5.10 Å². The summed E-state index contributed by atoms with van der Waals surface area (Å²) in [6.45, 7) is 2.04. The average molecular weight is 415 g/mol. The van der Waals surface area contributed by atoms with Crippen LogP contribution < -0.4 is 0 Å². The van der Waals surface area contributed by atoms with Gasteiger partial charge in [-0.3, -0.25) is 4.68 Å². The second kappa shape index (κ2) is 7.84. The maximum absolute atomic E-state index is 9.88. The van der Waals surface area contributed by atoms with Gasteiger partial charge in [0.15, 0.2) is 0 Å². The minimum absolute atomic E-state index is 0.297. The van der Waals surface area contributed by atoms with Crippen molar-refractivity contribution in [1.82, 2.24) is 9.78 Å². The number of benzene rings is 3. The number of aromatic nitrogens is 2. The molecule has 0 atom stereocenters. The second-order valence-corrected chi connectivity index (χ2v) is 9.04. The van der Waals surface area contributed by atoms with Crippen LogP contribution in [0.5, 0.6) is 5.75 Å². The number of phenolic OH excluding ortho intramolecular Hbond substituents is 1. The van der Waals surface area contributed by atoms with Gasteiger partial charge in [-0.2, -0.15) is 5.10 Å². The van der Waals surface area contributed by atoms with Gasteiger partial charge in [-0.1, -0.05) is 43.2 Å². The molecule has 0 spiro atoms. The Morgan fingerprint density at radius 1 is 0.967 bits per heavy atom. The summed E-state index contributed by atoms with van der Waals surface area (Å²) in [7, 11) is 0. The summed E-state index contributed by atoms with van der Waals surface area (Å²) < 4.78 is 2.29. The first-order valence-electron chi connectivity index (χ1n) is 10.6. The first-order chi connectivity index (χ1) is 14.7. The van der Waals surface area contributed by atoms with Crippen LogP contribution in [0.1, 0.15) is 37.3 Å². The SMILES string of the molecule is CSc1ccc(-c2cccc3c(-c4ccc(O)cc4C)nn(C4CCCC4)c23)cc1. The highest BCUT2D eigenvalue weighted by Crippen LogP contribution is 2.41. The van der Waals surface area contributed by atoms with Crippen LogP contribution in [0.2, 0.25) is 0 Å². The van der Waals surface area contributed by atoms with E-state index < -0.39 is 0 Å². The Morgan fingerprint density at radius 2 is 1.73 bits per heavy atom. The van der Waals surface area contributed by atoms with E-state index in [1.54, 1.807) is 17.8 Å². The highest BCUT2D eigenvalue weighted by molar-refractivity contribution is 7.98. The van der Waals surface area contributed by atoms with E-state index in [-0.39, 0.29) is 0 Å². The van der Waals surface area contributed by atoms with Crippen LogP contribution in [-0.2, 0) is 0 Å². The number of para-hydroxylation sites is 1. The number of thioether (sulfide) groups is 1. The minimum atomic E-state index is 0.297. The van der Waals surface area contributed by atoms with Crippen LogP contribution >= 0.6 is 11.8 Å². The topological polar surface area (TPSA) is 38.1 Å². The predicted molar refractivity (Wildman–Crippen MR) is 126 cm³/mol. The van der Waals surface area contributed by atoms with E-state index in [2.05, 4.69) is 53.4 Å². The van der Waals surface area contributed by atoms with Gasteiger partial charge >= 0.3 is 0 Å². The van der Waals surface area contributed by atoms with Crippen LogP contribution in [0.25, 0.3) is 33.3 Å². The van der Waals surface area contributed by atoms with E-state index in [0.717, 1.165) is 16.8 Å². The van der Waals surface area contributed by atoms with E-state index in [9.17, 15) is 5.11 Å². The van der Waals surface area contributed by atoms with Crippen molar-refractivity contribution in [2.24, 2.45) is 0 Å². The first kappa shape index (κ1) is 19.3. The Morgan fingerprint density at radius 3 is 2.43 bits per heavy atom. The maximum Gasteiger partial charge on any atom is 0.115 e. The molecule has 30 heavy (non-hydrogen) atoms. The molecule has 0 bridgehead atoms. The van der Waals surface area contributed by atoms with Crippen molar-refractivity contribution in [1.29, 1.82) is 0 Å². The molecule has 1 aromatic heterocycles. The number of aryl methyl sites for hydroxylation is 1. The molecule has 0 unspecified atom stereocenters. The third-order valence-electron chi connectivity index (χ3n) is 6.26. The van der Waals surface area contributed by atoms with Gasteiger partial charge < -0.3 is 5.11 Å². The van der Waals surface area contributed by atoms with Crippen molar-refractivity contribution in [3.63, 3.8) is 0 Å². The molecule has 0 amide bonds. The highest BCUT2D eigenvalue weighted by Gasteiger charge is 2.24. The van der Waals surface area contributed by atoms with E-state index in [1.807, 2.05) is 19.1 Å². The molecule has 1 aliphatic carbocycles. The minimum Gasteiger partial charge on any atom is -0.508 e. The summed E-state index contributed by atoms with van der Waals surface area (Å²) in [6, 6.07) is 21.4. The molecule has 1 saturated carbocycles. The zero-order valence-corrected chi connectivity index (χ0v) is 18.2. The molecule has 1 heterocycles. The second-order valence-electron chi connectivity index (χ2n) is 8.16. The Hall–Kier alpha value is -2.72. The van der Waals surface area contributed by atoms with Crippen LogP contribution in [0.15, 0.2) is 65.6 Å². The molecule has 3 nitrogen and oxygen atoms in total. The van der Waals surface area contributed by atoms with Gasteiger partial charge in [0.2, 0.25) is 0 Å². The summed E-state index contributed by atoms with van der Waals surface area (Å²) in [5.74, 6) is 0.297. The number of fused-ring (bicyclic) bond motifs is 1. The lowest BCUT2D eigenvalue weighted by Gasteiger charge is -2.14. The summed E-state index contributed by atoms with van der Waals surface area (Å²) >= 11 is 1.77. The molecule has 4 aromatic rings. The third kappa shape index (κ3) is 3.29. The smallest absolute Gasteiger partial charge is 0.115 e. The Balaban J connectivity index is 1.77. The van der Waals surface area contributed by atoms with Crippen LogP contribution in [0.4, 0.5) is 0 Å². The lowest BCUT2D eigenvalue weighted by atomic mass is 9.98. The third-order valence-corrected chi connectivity index (χ3v) is 7.01. The van der Waals surface area contributed by atoms with Gasteiger partial charge in [-0.05, 0) is 67.5 Å². The molecule has 1 fully saturated rings. The largest absolute Gasteiger partial charge is 0.508 e. The van der Waals surface area contributed by atoms with Crippen LogP contribution in [-0.4, -0.2) is 21.1 Å². The number of nitrogens with zero attached hydrogens (tertiary/aromatic N) is 2. The Labute approximate surface area is 181 Å². The Bertz CT molecular complexity index is 1200.